The number of benzene rings is 2. The van der Waals surface area contributed by atoms with Gasteiger partial charge in [0.25, 0.3) is 0 Å². The second-order valence-corrected chi connectivity index (χ2v) is 14.1. The number of carboxylic acids is 1. The number of carbonyl (C=O) groups is 5. The molecule has 0 aromatic heterocycles. The highest BCUT2D eigenvalue weighted by molar-refractivity contribution is 5.94. The minimum Gasteiger partial charge on any atom is -0.480 e. The quantitative estimate of drug-likeness (QED) is 0.0997. The van der Waals surface area contributed by atoms with E-state index in [4.69, 9.17) is 11.5 Å². The fourth-order valence-electron chi connectivity index (χ4n) is 6.16. The van der Waals surface area contributed by atoms with Crippen molar-refractivity contribution < 1.29 is 29.1 Å². The Kier molecular flexibility index (Phi) is 16.5. The summed E-state index contributed by atoms with van der Waals surface area (Å²) in [5.41, 5.74) is 12.3. The minimum atomic E-state index is -1.40. The molecule has 280 valence electrons. The first-order valence-corrected chi connectivity index (χ1v) is 18.0. The maximum absolute atomic E-state index is 13.9. The Balaban J connectivity index is 1.71. The lowest BCUT2D eigenvalue weighted by molar-refractivity contribution is -0.148. The fraction of sp³-hybridized carbons (Fsp3) is 0.553. The highest BCUT2D eigenvalue weighted by atomic mass is 16.4. The molecule has 9 N–H and O–H groups in total. The van der Waals surface area contributed by atoms with Crippen LogP contribution in [0.4, 0.5) is 0 Å². The summed E-state index contributed by atoms with van der Waals surface area (Å²) >= 11 is 0. The number of rotatable bonds is 20. The van der Waals surface area contributed by atoms with Gasteiger partial charge in [0.1, 0.15) is 23.7 Å². The summed E-state index contributed by atoms with van der Waals surface area (Å²) in [5, 5.41) is 21.3. The van der Waals surface area contributed by atoms with E-state index in [0.717, 1.165) is 11.1 Å². The molecule has 1 saturated heterocycles. The first-order valence-electron chi connectivity index (χ1n) is 18.0. The molecule has 3 rings (SSSR count). The van der Waals surface area contributed by atoms with Crippen LogP contribution >= 0.6 is 0 Å². The third-order valence-corrected chi connectivity index (χ3v) is 9.33. The molecule has 4 amide bonds. The third kappa shape index (κ3) is 13.4. The van der Waals surface area contributed by atoms with Crippen LogP contribution in [0.1, 0.15) is 76.3 Å². The predicted molar refractivity (Wildman–Crippen MR) is 196 cm³/mol. The van der Waals surface area contributed by atoms with E-state index in [0.29, 0.717) is 38.8 Å². The van der Waals surface area contributed by atoms with E-state index in [1.54, 1.807) is 0 Å². The van der Waals surface area contributed by atoms with Crippen molar-refractivity contribution in [1.82, 2.24) is 26.2 Å². The molecule has 1 fully saturated rings. The molecular formula is C38H57N7O6. The number of nitrogens with two attached hydrogens (primary N) is 2. The fourth-order valence-corrected chi connectivity index (χ4v) is 6.16. The number of hydrogen-bond donors (Lipinski definition) is 7. The number of hydrogen-bond acceptors (Lipinski definition) is 8. The number of unbranched alkanes of at least 4 members (excludes halogenated alkanes) is 1. The van der Waals surface area contributed by atoms with Crippen molar-refractivity contribution in [2.24, 2.45) is 17.4 Å². The van der Waals surface area contributed by atoms with Crippen LogP contribution in [0.25, 0.3) is 0 Å². The summed E-state index contributed by atoms with van der Waals surface area (Å²) in [7, 11) is 0. The molecular weight excluding hydrogens is 650 g/mol. The summed E-state index contributed by atoms with van der Waals surface area (Å²) in [6, 6.07) is 16.5. The molecule has 1 aliphatic rings. The van der Waals surface area contributed by atoms with Crippen molar-refractivity contribution in [2.45, 2.75) is 95.3 Å². The van der Waals surface area contributed by atoms with Gasteiger partial charge in [-0.25, -0.2) is 0 Å². The molecule has 2 aromatic carbocycles. The van der Waals surface area contributed by atoms with Gasteiger partial charge in [-0.15, -0.1) is 0 Å². The van der Waals surface area contributed by atoms with E-state index >= 15 is 0 Å². The zero-order valence-corrected chi connectivity index (χ0v) is 30.2. The lowest BCUT2D eigenvalue weighted by Crippen LogP contribution is -2.60. The average Bonchev–Trinajstić information content (AvgIpc) is 3.11. The molecule has 0 spiro atoms. The zero-order valence-electron chi connectivity index (χ0n) is 30.2. The normalized spacial score (nSPS) is 16.4. The molecule has 1 heterocycles. The summed E-state index contributed by atoms with van der Waals surface area (Å²) < 4.78 is 0. The number of piperidine rings is 1. The molecule has 13 heteroatoms. The van der Waals surface area contributed by atoms with E-state index in [2.05, 4.69) is 28.2 Å². The van der Waals surface area contributed by atoms with E-state index in [1.165, 1.54) is 4.90 Å². The number of carbonyl (C=O) groups excluding carboxylic acids is 4. The largest absolute Gasteiger partial charge is 0.480 e. The van der Waals surface area contributed by atoms with Crippen molar-refractivity contribution in [3.05, 3.63) is 71.8 Å². The van der Waals surface area contributed by atoms with Crippen molar-refractivity contribution in [2.75, 3.05) is 32.7 Å². The number of carboxylic acid groups (broad SMARTS) is 1. The second-order valence-electron chi connectivity index (χ2n) is 14.1. The molecule has 1 unspecified atom stereocenters. The molecule has 2 aromatic rings. The number of likely N-dealkylation sites (tertiary alicyclic amines) is 1. The van der Waals surface area contributed by atoms with E-state index in [1.807, 2.05) is 74.5 Å². The summed E-state index contributed by atoms with van der Waals surface area (Å²) in [6.45, 7) is 7.22. The Labute approximate surface area is 301 Å². The number of aliphatic carboxylic acids is 1. The summed E-state index contributed by atoms with van der Waals surface area (Å²) in [5.74, 6) is -2.62. The highest BCUT2D eigenvalue weighted by Crippen LogP contribution is 2.21. The van der Waals surface area contributed by atoms with Gasteiger partial charge in [0.15, 0.2) is 0 Å². The predicted octanol–water partition coefficient (Wildman–Crippen LogP) is 1.66. The lowest BCUT2D eigenvalue weighted by atomic mass is 9.88. The Hall–Kier alpha value is -4.33. The Bertz CT molecular complexity index is 1420. The van der Waals surface area contributed by atoms with Gasteiger partial charge < -0.3 is 42.7 Å². The highest BCUT2D eigenvalue weighted by Gasteiger charge is 2.40. The Morgan fingerprint density at radius 3 is 2.00 bits per heavy atom. The lowest BCUT2D eigenvalue weighted by Gasteiger charge is -2.38. The standard InChI is InChI=1S/C38H57N7O6/c1-26(2)22-31(34(47)43-30(16-10-11-19-39)36(49)45-20-17-38(40,18-21-45)37(50)51)44-35(48)32(23-28-12-6-4-7-13-28)42-33(46)25-41-24-27(3)29-14-8-5-9-15-29/h4-9,12-15,26-27,30-32,41H,10-11,16-25,39-40H2,1-3H3,(H,42,46)(H,43,47)(H,44,48)(H,50,51)/t27-,30+,31+,32?/m0/s1. The Morgan fingerprint density at radius 1 is 0.824 bits per heavy atom. The summed E-state index contributed by atoms with van der Waals surface area (Å²) in [4.78, 5) is 67.7. The van der Waals surface area contributed by atoms with Crippen LogP contribution < -0.4 is 32.7 Å². The van der Waals surface area contributed by atoms with Gasteiger partial charge in [-0.2, -0.15) is 0 Å². The third-order valence-electron chi connectivity index (χ3n) is 9.33. The molecule has 0 radical (unpaired) electrons. The molecule has 51 heavy (non-hydrogen) atoms. The maximum Gasteiger partial charge on any atom is 0.323 e. The number of nitrogens with one attached hydrogen (secondary N) is 4. The van der Waals surface area contributed by atoms with Gasteiger partial charge in [0.05, 0.1) is 6.54 Å². The minimum absolute atomic E-state index is 0.00643. The van der Waals surface area contributed by atoms with E-state index < -0.39 is 41.4 Å². The van der Waals surface area contributed by atoms with Crippen molar-refractivity contribution in [3.63, 3.8) is 0 Å². The number of amides is 4. The molecule has 0 aliphatic carbocycles. The van der Waals surface area contributed by atoms with Crippen LogP contribution in [-0.4, -0.2) is 96.0 Å². The van der Waals surface area contributed by atoms with Crippen molar-refractivity contribution >= 4 is 29.6 Å². The van der Waals surface area contributed by atoms with Crippen LogP contribution in [0, 0.1) is 5.92 Å². The van der Waals surface area contributed by atoms with Gasteiger partial charge in [-0.1, -0.05) is 81.4 Å². The van der Waals surface area contributed by atoms with Crippen molar-refractivity contribution in [1.29, 1.82) is 0 Å². The van der Waals surface area contributed by atoms with Crippen molar-refractivity contribution in [3.8, 4) is 0 Å². The first kappa shape index (κ1) is 41.1. The topological polar surface area (TPSA) is 209 Å². The van der Waals surface area contributed by atoms with Gasteiger partial charge in [-0.05, 0) is 68.0 Å². The van der Waals surface area contributed by atoms with Gasteiger partial charge in [-0.3, -0.25) is 24.0 Å². The van der Waals surface area contributed by atoms with Crippen LogP contribution in [0.3, 0.4) is 0 Å². The SMILES string of the molecule is CC(C)C[C@@H](NC(=O)C(Cc1ccccc1)NC(=O)CNC[C@H](C)c1ccccc1)C(=O)N[C@H](CCCCN)C(=O)N1CCC(N)(C(=O)O)CC1. The number of nitrogens with zero attached hydrogens (tertiary/aromatic N) is 1. The monoisotopic (exact) mass is 707 g/mol. The first-order chi connectivity index (χ1) is 24.3. The van der Waals surface area contributed by atoms with Crippen LogP contribution in [-0.2, 0) is 30.4 Å². The molecule has 0 saturated carbocycles. The van der Waals surface area contributed by atoms with Crippen LogP contribution in [0.2, 0.25) is 0 Å². The van der Waals surface area contributed by atoms with Gasteiger partial charge in [0.2, 0.25) is 23.6 Å². The molecule has 4 atom stereocenters. The smallest absolute Gasteiger partial charge is 0.323 e. The van der Waals surface area contributed by atoms with E-state index in [9.17, 15) is 29.1 Å². The van der Waals surface area contributed by atoms with Gasteiger partial charge >= 0.3 is 5.97 Å². The molecule has 1 aliphatic heterocycles. The summed E-state index contributed by atoms with van der Waals surface area (Å²) in [6.07, 6.45) is 2.27. The Morgan fingerprint density at radius 2 is 1.41 bits per heavy atom. The molecule has 13 nitrogen and oxygen atoms in total. The van der Waals surface area contributed by atoms with E-state index in [-0.39, 0.29) is 62.5 Å². The average molecular weight is 708 g/mol. The zero-order chi connectivity index (χ0) is 37.4. The van der Waals surface area contributed by atoms with Crippen LogP contribution in [0.15, 0.2) is 60.7 Å². The van der Waals surface area contributed by atoms with Gasteiger partial charge in [0, 0.05) is 26.1 Å². The second kappa shape index (κ2) is 20.5. The maximum atomic E-state index is 13.9. The molecule has 0 bridgehead atoms. The van der Waals surface area contributed by atoms with Crippen LogP contribution in [0.5, 0.6) is 0 Å².